The summed E-state index contributed by atoms with van der Waals surface area (Å²) in [5, 5.41) is 16.2. The summed E-state index contributed by atoms with van der Waals surface area (Å²) in [5.74, 6) is -1.11. The molecular weight excluding hydrogens is 558 g/mol. The average Bonchev–Trinajstić information content (AvgIpc) is 3.45. The minimum absolute atomic E-state index is 0.00449. The molecule has 3 fully saturated rings. The number of fused-ring (bicyclic) bond motifs is 1. The summed E-state index contributed by atoms with van der Waals surface area (Å²) in [4.78, 5) is 43.1. The van der Waals surface area contributed by atoms with Crippen molar-refractivity contribution >= 4 is 51.1 Å². The van der Waals surface area contributed by atoms with Crippen molar-refractivity contribution in [2.75, 3.05) is 18.5 Å². The van der Waals surface area contributed by atoms with Gasteiger partial charge in [-0.05, 0) is 57.4 Å². The van der Waals surface area contributed by atoms with Crippen LogP contribution in [0.1, 0.15) is 53.4 Å². The molecule has 0 aliphatic carbocycles. The highest BCUT2D eigenvalue weighted by Gasteiger charge is 2.76. The summed E-state index contributed by atoms with van der Waals surface area (Å²) < 4.78 is 4.76. The molecule has 37 heavy (non-hydrogen) atoms. The number of nitrogens with zero attached hydrogens (tertiary/aromatic N) is 1. The second-order valence-corrected chi connectivity index (χ2v) is 13.0. The van der Waals surface area contributed by atoms with Gasteiger partial charge < -0.3 is 25.4 Å². The molecule has 3 heterocycles. The molecule has 8 atom stereocenters. The Morgan fingerprint density at radius 2 is 1.95 bits per heavy atom. The zero-order chi connectivity index (χ0) is 26.9. The van der Waals surface area contributed by atoms with Gasteiger partial charge in [-0.2, -0.15) is 0 Å². The van der Waals surface area contributed by atoms with E-state index in [1.165, 1.54) is 0 Å². The van der Waals surface area contributed by atoms with Crippen molar-refractivity contribution in [3.05, 3.63) is 24.3 Å². The van der Waals surface area contributed by atoms with Gasteiger partial charge in [-0.25, -0.2) is 0 Å². The number of halogens is 1. The van der Waals surface area contributed by atoms with E-state index >= 15 is 0 Å². The Labute approximate surface area is 231 Å². The third-order valence-electron chi connectivity index (χ3n) is 7.90. The maximum absolute atomic E-state index is 14.1. The highest BCUT2D eigenvalue weighted by molar-refractivity contribution is 9.09. The van der Waals surface area contributed by atoms with E-state index in [4.69, 9.17) is 4.74 Å². The largest absolute Gasteiger partial charge is 0.494 e. The number of rotatable bonds is 11. The van der Waals surface area contributed by atoms with Crippen LogP contribution < -0.4 is 15.4 Å². The molecule has 1 aromatic carbocycles. The molecular formula is C27H38BrN3O5S. The number of carbonyl (C=O) groups is 3. The number of hydrogen-bond donors (Lipinski definition) is 3. The third-order valence-corrected chi connectivity index (χ3v) is 11.1. The van der Waals surface area contributed by atoms with Crippen molar-refractivity contribution in [2.45, 2.75) is 86.3 Å². The fraction of sp³-hybridized carbons (Fsp3) is 0.667. The number of aliphatic hydroxyl groups excluding tert-OH is 1. The third kappa shape index (κ3) is 5.01. The van der Waals surface area contributed by atoms with Crippen molar-refractivity contribution in [3.8, 4) is 5.75 Å². The number of likely N-dealkylation sites (tertiary alicyclic amines) is 1. The second kappa shape index (κ2) is 11.5. The first-order valence-corrected chi connectivity index (χ1v) is 15.1. The Hall–Kier alpha value is -1.78. The smallest absolute Gasteiger partial charge is 0.244 e. The van der Waals surface area contributed by atoms with E-state index in [1.807, 2.05) is 20.8 Å². The van der Waals surface area contributed by atoms with Crippen molar-refractivity contribution in [1.29, 1.82) is 0 Å². The Morgan fingerprint density at radius 3 is 2.54 bits per heavy atom. The van der Waals surface area contributed by atoms with Crippen LogP contribution in [0.2, 0.25) is 0 Å². The van der Waals surface area contributed by atoms with Crippen LogP contribution in [-0.4, -0.2) is 73.9 Å². The maximum atomic E-state index is 14.1. The quantitative estimate of drug-likeness (QED) is 0.338. The minimum Gasteiger partial charge on any atom is -0.494 e. The summed E-state index contributed by atoms with van der Waals surface area (Å²) in [6, 6.07) is 5.94. The Bertz CT molecular complexity index is 1010. The Kier molecular flexibility index (Phi) is 8.80. The molecule has 204 valence electrons. The fourth-order valence-electron chi connectivity index (χ4n) is 6.33. The molecule has 0 aromatic heterocycles. The van der Waals surface area contributed by atoms with E-state index in [9.17, 15) is 19.5 Å². The van der Waals surface area contributed by atoms with Crippen molar-refractivity contribution in [2.24, 2.45) is 11.8 Å². The van der Waals surface area contributed by atoms with Gasteiger partial charge in [0.05, 0.1) is 35.8 Å². The van der Waals surface area contributed by atoms with Crippen molar-refractivity contribution < 1.29 is 24.2 Å². The number of hydrogen-bond acceptors (Lipinski definition) is 6. The lowest BCUT2D eigenvalue weighted by atomic mass is 9.70. The van der Waals surface area contributed by atoms with Crippen LogP contribution >= 0.6 is 27.7 Å². The molecule has 2 bridgehead atoms. The fourth-order valence-corrected chi connectivity index (χ4v) is 9.93. The van der Waals surface area contributed by atoms with E-state index < -0.39 is 28.7 Å². The van der Waals surface area contributed by atoms with E-state index in [1.54, 1.807) is 40.9 Å². The summed E-state index contributed by atoms with van der Waals surface area (Å²) in [5.41, 5.74) is 0.633. The van der Waals surface area contributed by atoms with Crippen LogP contribution in [-0.2, 0) is 14.4 Å². The SMILES string of the molecule is CCCC(C)NC(=O)C1N([C@@H](CC)CO)C(=O)[C@@H]2[C@H](C(=O)Nc3ccc(OCC)cc3)[C@H]3SC12CC3Br. The maximum Gasteiger partial charge on any atom is 0.244 e. The summed E-state index contributed by atoms with van der Waals surface area (Å²) in [6.45, 7) is 8.19. The molecule has 1 aromatic rings. The number of benzene rings is 1. The first kappa shape index (κ1) is 28.2. The molecule has 3 aliphatic rings. The molecule has 4 rings (SSSR count). The number of nitrogens with one attached hydrogen (secondary N) is 2. The summed E-state index contributed by atoms with van der Waals surface area (Å²) in [7, 11) is 0. The molecule has 10 heteroatoms. The number of anilines is 1. The van der Waals surface area contributed by atoms with Crippen LogP contribution in [0.25, 0.3) is 0 Å². The lowest BCUT2D eigenvalue weighted by Gasteiger charge is -2.37. The van der Waals surface area contributed by atoms with Gasteiger partial charge in [0.25, 0.3) is 0 Å². The van der Waals surface area contributed by atoms with Crippen LogP contribution in [0.15, 0.2) is 24.3 Å². The van der Waals surface area contributed by atoms with Gasteiger partial charge in [-0.1, -0.05) is 36.2 Å². The molecule has 0 radical (unpaired) electrons. The van der Waals surface area contributed by atoms with Crippen LogP contribution in [0, 0.1) is 11.8 Å². The van der Waals surface area contributed by atoms with Gasteiger partial charge in [-0.15, -0.1) is 11.8 Å². The highest BCUT2D eigenvalue weighted by atomic mass is 79.9. The van der Waals surface area contributed by atoms with Gasteiger partial charge in [0, 0.05) is 21.8 Å². The first-order valence-electron chi connectivity index (χ1n) is 13.3. The standard InChI is InChI=1S/C27H38BrN3O5S/c1-5-8-15(4)29-25(34)23-27-13-19(28)22(37-27)20(21(27)26(35)31(23)17(6-2)14-32)24(33)30-16-9-11-18(12-10-16)36-7-3/h9-12,15,17,19-23,32H,5-8,13-14H2,1-4H3,(H,29,34)(H,30,33)/t15?,17-,19?,20-,21-,22-,23?,27?/m0/s1. The van der Waals surface area contributed by atoms with Crippen LogP contribution in [0.4, 0.5) is 5.69 Å². The lowest BCUT2D eigenvalue weighted by Crippen LogP contribution is -2.58. The minimum atomic E-state index is -0.736. The molecule has 8 nitrogen and oxygen atoms in total. The molecule has 3 saturated heterocycles. The van der Waals surface area contributed by atoms with Crippen LogP contribution in [0.3, 0.4) is 0 Å². The number of aliphatic hydroxyl groups is 1. The zero-order valence-corrected chi connectivity index (χ0v) is 24.3. The molecule has 3 amide bonds. The van der Waals surface area contributed by atoms with Gasteiger partial charge in [0.15, 0.2) is 0 Å². The predicted molar refractivity (Wildman–Crippen MR) is 149 cm³/mol. The Morgan fingerprint density at radius 1 is 1.24 bits per heavy atom. The van der Waals surface area contributed by atoms with Gasteiger partial charge in [0.2, 0.25) is 17.7 Å². The van der Waals surface area contributed by atoms with E-state index in [2.05, 4.69) is 33.5 Å². The monoisotopic (exact) mass is 595 g/mol. The van der Waals surface area contributed by atoms with Gasteiger partial charge >= 0.3 is 0 Å². The predicted octanol–water partition coefficient (Wildman–Crippen LogP) is 3.56. The number of amides is 3. The molecule has 0 saturated carbocycles. The second-order valence-electron chi connectivity index (χ2n) is 10.3. The number of ether oxygens (including phenoxy) is 1. The summed E-state index contributed by atoms with van der Waals surface area (Å²) >= 11 is 5.39. The average molecular weight is 597 g/mol. The summed E-state index contributed by atoms with van der Waals surface area (Å²) in [6.07, 6.45) is 2.91. The molecule has 3 N–H and O–H groups in total. The molecule has 3 aliphatic heterocycles. The highest BCUT2D eigenvalue weighted by Crippen LogP contribution is 2.68. The Balaban J connectivity index is 1.66. The van der Waals surface area contributed by atoms with Gasteiger partial charge in [0.1, 0.15) is 11.8 Å². The number of thioether (sulfide) groups is 1. The van der Waals surface area contributed by atoms with Gasteiger partial charge in [-0.3, -0.25) is 14.4 Å². The molecule has 1 spiro atoms. The van der Waals surface area contributed by atoms with E-state index in [0.29, 0.717) is 25.1 Å². The number of alkyl halides is 1. The van der Waals surface area contributed by atoms with Crippen molar-refractivity contribution in [1.82, 2.24) is 10.2 Å². The van der Waals surface area contributed by atoms with Crippen LogP contribution in [0.5, 0.6) is 5.75 Å². The first-order chi connectivity index (χ1) is 17.7. The number of carbonyl (C=O) groups excluding carboxylic acids is 3. The van der Waals surface area contributed by atoms with Crippen molar-refractivity contribution in [3.63, 3.8) is 0 Å². The molecule has 4 unspecified atom stereocenters. The zero-order valence-electron chi connectivity index (χ0n) is 21.9. The van der Waals surface area contributed by atoms with E-state index in [-0.39, 0.29) is 40.4 Å². The topological polar surface area (TPSA) is 108 Å². The lowest BCUT2D eigenvalue weighted by molar-refractivity contribution is -0.142. The normalized spacial score (nSPS) is 31.7. The van der Waals surface area contributed by atoms with E-state index in [0.717, 1.165) is 18.6 Å².